The van der Waals surface area contributed by atoms with Gasteiger partial charge in [0.25, 0.3) is 0 Å². The van der Waals surface area contributed by atoms with Gasteiger partial charge in [0.15, 0.2) is 0 Å². The molecule has 2 aromatic rings. The lowest BCUT2D eigenvalue weighted by Gasteiger charge is -2.36. The fourth-order valence-electron chi connectivity index (χ4n) is 4.29. The number of para-hydroxylation sites is 1. The lowest BCUT2D eigenvalue weighted by molar-refractivity contribution is -0.135. The van der Waals surface area contributed by atoms with Crippen molar-refractivity contribution in [3.8, 4) is 16.3 Å². The first-order chi connectivity index (χ1) is 15.6. The van der Waals surface area contributed by atoms with Gasteiger partial charge in [-0.15, -0.1) is 11.3 Å². The van der Waals surface area contributed by atoms with Crippen LogP contribution in [0.1, 0.15) is 31.9 Å². The van der Waals surface area contributed by atoms with E-state index in [1.54, 1.807) is 0 Å². The fraction of sp³-hybridized carbons (Fsp3) is 0.542. The number of hydrogen-bond acceptors (Lipinski definition) is 6. The molecule has 2 amide bonds. The summed E-state index contributed by atoms with van der Waals surface area (Å²) in [5.74, 6) is 1.14. The zero-order valence-electron chi connectivity index (χ0n) is 18.8. The number of piperazine rings is 1. The Morgan fingerprint density at radius 2 is 1.69 bits per heavy atom. The first-order valence-electron chi connectivity index (χ1n) is 11.6. The maximum atomic E-state index is 12.8. The molecular formula is C24H32N4O3S. The molecule has 0 N–H and O–H groups in total. The highest BCUT2D eigenvalue weighted by Gasteiger charge is 2.25. The van der Waals surface area contributed by atoms with Crippen molar-refractivity contribution >= 4 is 23.2 Å². The average molecular weight is 457 g/mol. The van der Waals surface area contributed by atoms with Gasteiger partial charge in [0.05, 0.1) is 30.8 Å². The van der Waals surface area contributed by atoms with Gasteiger partial charge >= 0.3 is 0 Å². The zero-order chi connectivity index (χ0) is 22.3. The summed E-state index contributed by atoms with van der Waals surface area (Å²) in [5.41, 5.74) is 1.76. The Balaban J connectivity index is 1.27. The normalized spacial score (nSPS) is 17.4. The van der Waals surface area contributed by atoms with E-state index < -0.39 is 0 Å². The Kier molecular flexibility index (Phi) is 7.76. The lowest BCUT2D eigenvalue weighted by Crippen LogP contribution is -2.52. The number of likely N-dealkylation sites (tertiary alicyclic amines) is 1. The molecule has 32 heavy (non-hydrogen) atoms. The van der Waals surface area contributed by atoms with Gasteiger partial charge in [-0.1, -0.05) is 12.1 Å². The van der Waals surface area contributed by atoms with Gasteiger partial charge in [0, 0.05) is 44.6 Å². The molecule has 0 aliphatic carbocycles. The van der Waals surface area contributed by atoms with E-state index >= 15 is 0 Å². The fourth-order valence-corrected chi connectivity index (χ4v) is 5.14. The third-order valence-electron chi connectivity index (χ3n) is 6.09. The molecule has 0 radical (unpaired) electrons. The maximum Gasteiger partial charge on any atom is 0.236 e. The van der Waals surface area contributed by atoms with Crippen molar-refractivity contribution < 1.29 is 14.3 Å². The van der Waals surface area contributed by atoms with Gasteiger partial charge in [0.1, 0.15) is 10.8 Å². The third-order valence-corrected chi connectivity index (χ3v) is 7.02. The second-order valence-electron chi connectivity index (χ2n) is 8.35. The molecule has 8 heteroatoms. The number of carbonyl (C=O) groups excluding carboxylic acids is 2. The van der Waals surface area contributed by atoms with Crippen molar-refractivity contribution in [1.82, 2.24) is 19.7 Å². The van der Waals surface area contributed by atoms with Gasteiger partial charge in [-0.3, -0.25) is 14.5 Å². The van der Waals surface area contributed by atoms with E-state index in [9.17, 15) is 9.59 Å². The summed E-state index contributed by atoms with van der Waals surface area (Å²) in [6, 6.07) is 7.87. The van der Waals surface area contributed by atoms with E-state index in [4.69, 9.17) is 9.72 Å². The summed E-state index contributed by atoms with van der Waals surface area (Å²) < 4.78 is 5.71. The highest BCUT2D eigenvalue weighted by Crippen LogP contribution is 2.32. The van der Waals surface area contributed by atoms with E-state index in [2.05, 4.69) is 4.90 Å². The van der Waals surface area contributed by atoms with Crippen molar-refractivity contribution in [2.75, 3.05) is 52.4 Å². The minimum atomic E-state index is 0.0990. The van der Waals surface area contributed by atoms with Crippen molar-refractivity contribution in [1.29, 1.82) is 0 Å². The van der Waals surface area contributed by atoms with Gasteiger partial charge in [-0.25, -0.2) is 4.98 Å². The topological polar surface area (TPSA) is 66.0 Å². The molecule has 2 aliphatic rings. The molecule has 2 saturated heterocycles. The smallest absolute Gasteiger partial charge is 0.236 e. The molecule has 4 rings (SSSR count). The largest absolute Gasteiger partial charge is 0.493 e. The predicted molar refractivity (Wildman–Crippen MR) is 126 cm³/mol. The number of carbonyl (C=O) groups is 2. The summed E-state index contributed by atoms with van der Waals surface area (Å²) >= 11 is 1.54. The molecule has 7 nitrogen and oxygen atoms in total. The molecule has 0 atom stereocenters. The van der Waals surface area contributed by atoms with E-state index in [1.165, 1.54) is 17.8 Å². The van der Waals surface area contributed by atoms with Crippen LogP contribution in [-0.4, -0.2) is 83.9 Å². The van der Waals surface area contributed by atoms with Gasteiger partial charge in [-0.2, -0.15) is 0 Å². The van der Waals surface area contributed by atoms with Gasteiger partial charge in [0.2, 0.25) is 11.8 Å². The molecule has 3 heterocycles. The molecule has 172 valence electrons. The van der Waals surface area contributed by atoms with Crippen LogP contribution in [0, 0.1) is 0 Å². The second-order valence-corrected chi connectivity index (χ2v) is 9.21. The monoisotopic (exact) mass is 456 g/mol. The first-order valence-corrected chi connectivity index (χ1v) is 12.5. The molecule has 0 spiro atoms. The standard InChI is InChI=1S/C24H32N4O3S/c1-2-31-21-9-5-4-8-20(21)24-25-19(18-32-24)16-22(29)28-14-12-26(13-15-28)17-23(30)27-10-6-3-7-11-27/h4-5,8-9,18H,2-3,6-7,10-17H2,1H3. The molecule has 1 aromatic carbocycles. The zero-order valence-corrected chi connectivity index (χ0v) is 19.6. The predicted octanol–water partition coefficient (Wildman–Crippen LogP) is 2.91. The van der Waals surface area contributed by atoms with Crippen LogP contribution in [0.25, 0.3) is 10.6 Å². The van der Waals surface area contributed by atoms with E-state index in [-0.39, 0.29) is 11.8 Å². The number of benzene rings is 1. The Morgan fingerprint density at radius 3 is 2.44 bits per heavy atom. The Morgan fingerprint density at radius 1 is 0.969 bits per heavy atom. The van der Waals surface area contributed by atoms with Crippen LogP contribution < -0.4 is 4.74 Å². The Hall–Kier alpha value is -2.45. The van der Waals surface area contributed by atoms with E-state index in [0.29, 0.717) is 32.7 Å². The van der Waals surface area contributed by atoms with Crippen molar-refractivity contribution in [2.45, 2.75) is 32.6 Å². The van der Waals surface area contributed by atoms with E-state index in [1.807, 2.05) is 46.4 Å². The second kappa shape index (κ2) is 10.9. The number of hydrogen-bond donors (Lipinski definition) is 0. The quantitative estimate of drug-likeness (QED) is 0.641. The summed E-state index contributed by atoms with van der Waals surface area (Å²) in [5, 5.41) is 2.83. The van der Waals surface area contributed by atoms with Crippen molar-refractivity contribution in [2.24, 2.45) is 0 Å². The van der Waals surface area contributed by atoms with Gasteiger partial charge < -0.3 is 14.5 Å². The molecule has 0 unspecified atom stereocenters. The number of ether oxygens (including phenoxy) is 1. The Bertz CT molecular complexity index is 917. The average Bonchev–Trinajstić information content (AvgIpc) is 3.29. The minimum Gasteiger partial charge on any atom is -0.493 e. The third kappa shape index (κ3) is 5.66. The molecule has 0 bridgehead atoms. The number of aromatic nitrogens is 1. The molecule has 0 saturated carbocycles. The SMILES string of the molecule is CCOc1ccccc1-c1nc(CC(=O)N2CCN(CC(=O)N3CCCCC3)CC2)cs1. The lowest BCUT2D eigenvalue weighted by atomic mass is 10.1. The summed E-state index contributed by atoms with van der Waals surface area (Å²) in [6.07, 6.45) is 3.76. The van der Waals surface area contributed by atoms with Crippen LogP contribution in [-0.2, 0) is 16.0 Å². The number of piperidine rings is 1. The summed E-state index contributed by atoms with van der Waals surface area (Å²) in [6.45, 7) is 7.63. The number of nitrogens with zero attached hydrogens (tertiary/aromatic N) is 4. The van der Waals surface area contributed by atoms with Crippen LogP contribution >= 0.6 is 11.3 Å². The Labute approximate surface area is 194 Å². The molecule has 2 fully saturated rings. The number of thiazole rings is 1. The summed E-state index contributed by atoms with van der Waals surface area (Å²) in [4.78, 5) is 36.1. The van der Waals surface area contributed by atoms with E-state index in [0.717, 1.165) is 61.0 Å². The maximum absolute atomic E-state index is 12.8. The van der Waals surface area contributed by atoms with Crippen LogP contribution in [0.3, 0.4) is 0 Å². The van der Waals surface area contributed by atoms with Crippen molar-refractivity contribution in [3.63, 3.8) is 0 Å². The van der Waals surface area contributed by atoms with Crippen LogP contribution in [0.15, 0.2) is 29.6 Å². The number of amides is 2. The number of rotatable bonds is 7. The van der Waals surface area contributed by atoms with Crippen LogP contribution in [0.4, 0.5) is 0 Å². The molecule has 1 aromatic heterocycles. The summed E-state index contributed by atoms with van der Waals surface area (Å²) in [7, 11) is 0. The van der Waals surface area contributed by atoms with Crippen LogP contribution in [0.5, 0.6) is 5.75 Å². The highest BCUT2D eigenvalue weighted by molar-refractivity contribution is 7.13. The minimum absolute atomic E-state index is 0.0990. The van der Waals surface area contributed by atoms with Gasteiger partial charge in [-0.05, 0) is 38.3 Å². The van der Waals surface area contributed by atoms with Crippen molar-refractivity contribution in [3.05, 3.63) is 35.3 Å². The molecular weight excluding hydrogens is 424 g/mol. The van der Waals surface area contributed by atoms with Crippen LogP contribution in [0.2, 0.25) is 0 Å². The molecule has 2 aliphatic heterocycles. The highest BCUT2D eigenvalue weighted by atomic mass is 32.1. The first kappa shape index (κ1) is 22.7.